The van der Waals surface area contributed by atoms with Crippen LogP contribution >= 0.6 is 11.3 Å². The van der Waals surface area contributed by atoms with Gasteiger partial charge < -0.3 is 5.11 Å². The third-order valence-electron chi connectivity index (χ3n) is 6.53. The van der Waals surface area contributed by atoms with Crippen LogP contribution in [0.15, 0.2) is 115 Å². The Labute approximate surface area is 224 Å². The van der Waals surface area contributed by atoms with E-state index in [4.69, 9.17) is 10.1 Å². The normalized spacial score (nSPS) is 14.9. The van der Waals surface area contributed by atoms with Gasteiger partial charge in [-0.15, -0.1) is 11.3 Å². The molecule has 7 heteroatoms. The van der Waals surface area contributed by atoms with Crippen LogP contribution < -0.4 is 0 Å². The van der Waals surface area contributed by atoms with Gasteiger partial charge in [-0.1, -0.05) is 84.9 Å². The third-order valence-corrected chi connectivity index (χ3v) is 7.64. The molecule has 0 aliphatic carbocycles. The maximum Gasteiger partial charge on any atom is 0.248 e. The molecule has 38 heavy (non-hydrogen) atoms. The molecule has 1 aliphatic heterocycles. The first-order valence-corrected chi connectivity index (χ1v) is 13.2. The van der Waals surface area contributed by atoms with Gasteiger partial charge in [-0.2, -0.15) is 5.10 Å². The van der Waals surface area contributed by atoms with Crippen molar-refractivity contribution in [2.75, 3.05) is 0 Å². The summed E-state index contributed by atoms with van der Waals surface area (Å²) in [7, 11) is 0. The Kier molecular flexibility index (Phi) is 6.50. The minimum Gasteiger partial charge on any atom is -0.508 e. The molecule has 3 heterocycles. The van der Waals surface area contributed by atoms with Crippen molar-refractivity contribution in [2.45, 2.75) is 18.9 Å². The van der Waals surface area contributed by atoms with Crippen molar-refractivity contribution >= 4 is 23.0 Å². The number of carbonyl (C=O) groups is 1. The molecule has 6 nitrogen and oxygen atoms in total. The monoisotopic (exact) mass is 516 g/mol. The van der Waals surface area contributed by atoms with Gasteiger partial charge in [-0.05, 0) is 12.1 Å². The highest BCUT2D eigenvalue weighted by Gasteiger charge is 2.35. The summed E-state index contributed by atoms with van der Waals surface area (Å²) in [5.41, 5.74) is 5.07. The Morgan fingerprint density at radius 1 is 0.868 bits per heavy atom. The van der Waals surface area contributed by atoms with Crippen molar-refractivity contribution in [2.24, 2.45) is 5.10 Å². The molecule has 0 spiro atoms. The van der Waals surface area contributed by atoms with E-state index in [0.717, 1.165) is 38.0 Å². The van der Waals surface area contributed by atoms with Gasteiger partial charge in [0.15, 0.2) is 0 Å². The average molecular weight is 517 g/mol. The van der Waals surface area contributed by atoms with Gasteiger partial charge in [-0.25, -0.2) is 9.99 Å². The lowest BCUT2D eigenvalue weighted by Crippen LogP contribution is -2.28. The number of aromatic nitrogens is 2. The first-order chi connectivity index (χ1) is 18.7. The second-order valence-corrected chi connectivity index (χ2v) is 10.1. The molecule has 0 saturated carbocycles. The number of benzene rings is 3. The molecule has 3 aromatic carbocycles. The molecule has 1 atom stereocenters. The van der Waals surface area contributed by atoms with Crippen LogP contribution in [0, 0.1) is 0 Å². The van der Waals surface area contributed by atoms with Gasteiger partial charge in [-0.3, -0.25) is 9.78 Å². The Morgan fingerprint density at radius 3 is 2.26 bits per heavy atom. The number of aromatic hydroxyl groups is 1. The Morgan fingerprint density at radius 2 is 1.55 bits per heavy atom. The van der Waals surface area contributed by atoms with E-state index in [9.17, 15) is 9.90 Å². The Hall–Kier alpha value is -4.62. The minimum atomic E-state index is -0.416. The maximum atomic E-state index is 13.9. The average Bonchev–Trinajstić information content (AvgIpc) is 3.60. The molecule has 0 bridgehead atoms. The molecular weight excluding hydrogens is 492 g/mol. The van der Waals surface area contributed by atoms with Gasteiger partial charge in [0.25, 0.3) is 0 Å². The van der Waals surface area contributed by atoms with E-state index in [1.54, 1.807) is 24.5 Å². The summed E-state index contributed by atoms with van der Waals surface area (Å²) in [6.07, 6.45) is 4.08. The van der Waals surface area contributed by atoms with Crippen LogP contribution in [0.1, 0.15) is 28.5 Å². The van der Waals surface area contributed by atoms with Crippen molar-refractivity contribution in [3.63, 3.8) is 0 Å². The zero-order valence-corrected chi connectivity index (χ0v) is 21.3. The van der Waals surface area contributed by atoms with E-state index in [0.29, 0.717) is 12.0 Å². The zero-order chi connectivity index (χ0) is 25.9. The third kappa shape index (κ3) is 4.71. The molecule has 5 aromatic rings. The lowest BCUT2D eigenvalue weighted by atomic mass is 9.98. The van der Waals surface area contributed by atoms with Crippen LogP contribution in [0.4, 0.5) is 0 Å². The SMILES string of the molecule is O=C(Cc1sc(-c2ccccc2)nc1-c1ccccc1)N1N=C(c2cccnc2)CC1c1ccccc1O. The topological polar surface area (TPSA) is 78.7 Å². The van der Waals surface area contributed by atoms with Crippen molar-refractivity contribution in [1.29, 1.82) is 0 Å². The molecule has 1 N–H and O–H groups in total. The molecule has 186 valence electrons. The summed E-state index contributed by atoms with van der Waals surface area (Å²) < 4.78 is 0. The summed E-state index contributed by atoms with van der Waals surface area (Å²) in [5.74, 6) is -0.00958. The zero-order valence-electron chi connectivity index (χ0n) is 20.4. The van der Waals surface area contributed by atoms with Crippen molar-refractivity contribution in [3.05, 3.63) is 125 Å². The molecule has 2 aromatic heterocycles. The lowest BCUT2D eigenvalue weighted by Gasteiger charge is -2.22. The van der Waals surface area contributed by atoms with Crippen LogP contribution in [0.3, 0.4) is 0 Å². The number of hydrazone groups is 1. The number of phenolic OH excluding ortho intramolecular Hbond substituents is 1. The summed E-state index contributed by atoms with van der Waals surface area (Å²) >= 11 is 1.53. The molecule has 1 unspecified atom stereocenters. The highest BCUT2D eigenvalue weighted by molar-refractivity contribution is 7.15. The largest absolute Gasteiger partial charge is 0.508 e. The number of hydrogen-bond donors (Lipinski definition) is 1. The lowest BCUT2D eigenvalue weighted by molar-refractivity contribution is -0.132. The van der Waals surface area contributed by atoms with Gasteiger partial charge in [0.2, 0.25) is 5.91 Å². The van der Waals surface area contributed by atoms with Gasteiger partial charge in [0.1, 0.15) is 10.8 Å². The predicted octanol–water partition coefficient (Wildman–Crippen LogP) is 6.50. The number of pyridine rings is 1. The number of thiazole rings is 1. The van der Waals surface area contributed by atoms with E-state index in [-0.39, 0.29) is 18.1 Å². The van der Waals surface area contributed by atoms with Crippen molar-refractivity contribution < 1.29 is 9.90 Å². The Balaban J connectivity index is 1.38. The molecule has 0 saturated heterocycles. The fourth-order valence-electron chi connectivity index (χ4n) is 4.68. The van der Waals surface area contributed by atoms with E-state index in [1.807, 2.05) is 84.9 Å². The number of amides is 1. The molecular formula is C31H24N4O2S. The summed E-state index contributed by atoms with van der Waals surface area (Å²) in [6.45, 7) is 0. The fourth-order valence-corrected chi connectivity index (χ4v) is 5.76. The number of phenols is 1. The van der Waals surface area contributed by atoms with E-state index < -0.39 is 6.04 Å². The van der Waals surface area contributed by atoms with E-state index in [1.165, 1.54) is 16.3 Å². The maximum absolute atomic E-state index is 13.9. The highest BCUT2D eigenvalue weighted by Crippen LogP contribution is 2.39. The summed E-state index contributed by atoms with van der Waals surface area (Å²) in [6, 6.07) is 30.4. The highest BCUT2D eigenvalue weighted by atomic mass is 32.1. The summed E-state index contributed by atoms with van der Waals surface area (Å²) in [5, 5.41) is 17.8. The first-order valence-electron chi connectivity index (χ1n) is 12.4. The smallest absolute Gasteiger partial charge is 0.248 e. The van der Waals surface area contributed by atoms with Gasteiger partial charge in [0.05, 0.1) is 23.9 Å². The van der Waals surface area contributed by atoms with E-state index >= 15 is 0 Å². The Bertz CT molecular complexity index is 1600. The van der Waals surface area contributed by atoms with Gasteiger partial charge in [0, 0.05) is 45.9 Å². The standard InChI is InChI=1S/C31H24N4O2S/c36-27-16-8-7-15-24(27)26-18-25(23-14-9-17-32-20-23)34-35(26)29(37)19-28-30(21-10-3-1-4-11-21)33-31(38-28)22-12-5-2-6-13-22/h1-17,20,26,36H,18-19H2. The predicted molar refractivity (Wildman–Crippen MR) is 150 cm³/mol. The fraction of sp³-hybridized carbons (Fsp3) is 0.0968. The molecule has 1 amide bonds. The quantitative estimate of drug-likeness (QED) is 0.279. The van der Waals surface area contributed by atoms with Crippen LogP contribution in [0.25, 0.3) is 21.8 Å². The number of para-hydroxylation sites is 1. The minimum absolute atomic E-state index is 0.142. The number of nitrogens with zero attached hydrogens (tertiary/aromatic N) is 4. The number of carbonyl (C=O) groups excluding carboxylic acids is 1. The van der Waals surface area contributed by atoms with Crippen LogP contribution in [0.2, 0.25) is 0 Å². The number of hydrogen-bond acceptors (Lipinski definition) is 6. The van der Waals surface area contributed by atoms with Crippen LogP contribution in [0.5, 0.6) is 5.75 Å². The first kappa shape index (κ1) is 23.8. The second-order valence-electron chi connectivity index (χ2n) is 9.01. The van der Waals surface area contributed by atoms with Crippen LogP contribution in [-0.4, -0.2) is 31.7 Å². The van der Waals surface area contributed by atoms with Crippen LogP contribution in [-0.2, 0) is 11.2 Å². The van der Waals surface area contributed by atoms with Gasteiger partial charge >= 0.3 is 0 Å². The molecule has 6 rings (SSSR count). The van der Waals surface area contributed by atoms with E-state index in [2.05, 4.69) is 4.98 Å². The molecule has 0 fully saturated rings. The molecule has 1 aliphatic rings. The molecule has 0 radical (unpaired) electrons. The van der Waals surface area contributed by atoms with Crippen molar-refractivity contribution in [1.82, 2.24) is 15.0 Å². The number of rotatable bonds is 6. The van der Waals surface area contributed by atoms with Crippen molar-refractivity contribution in [3.8, 4) is 27.6 Å². The summed E-state index contributed by atoms with van der Waals surface area (Å²) in [4.78, 5) is 24.0. The second kappa shape index (κ2) is 10.4.